The highest BCUT2D eigenvalue weighted by Gasteiger charge is 2.21. The van der Waals surface area contributed by atoms with E-state index in [-0.39, 0.29) is 24.2 Å². The Morgan fingerprint density at radius 2 is 2.24 bits per heavy atom. The third-order valence-electron chi connectivity index (χ3n) is 3.38. The van der Waals surface area contributed by atoms with Crippen LogP contribution in [0.15, 0.2) is 18.2 Å². The van der Waals surface area contributed by atoms with Crippen molar-refractivity contribution in [2.75, 3.05) is 26.3 Å². The quantitative estimate of drug-likeness (QED) is 0.906. The van der Waals surface area contributed by atoms with Gasteiger partial charge in [-0.1, -0.05) is 0 Å². The molecular weight excluding hydrogens is 274 g/mol. The number of carboxylic acids is 1. The summed E-state index contributed by atoms with van der Waals surface area (Å²) in [6.07, 6.45) is 0.0415. The Kier molecular flexibility index (Phi) is 4.80. The molecule has 0 radical (unpaired) electrons. The molecule has 2 rings (SSSR count). The van der Waals surface area contributed by atoms with Crippen LogP contribution in [0, 0.1) is 6.92 Å². The number of morpholine rings is 1. The lowest BCUT2D eigenvalue weighted by atomic mass is 10.1. The van der Waals surface area contributed by atoms with Gasteiger partial charge in [0.15, 0.2) is 6.61 Å². The van der Waals surface area contributed by atoms with Gasteiger partial charge in [0.25, 0.3) is 5.91 Å². The van der Waals surface area contributed by atoms with Gasteiger partial charge in [-0.25, -0.2) is 4.79 Å². The number of aromatic carboxylic acids is 1. The SMILES string of the molecule is Cc1cc(OCC(=O)N2CCOC(C)C2)ccc1C(=O)O. The van der Waals surface area contributed by atoms with Crippen molar-refractivity contribution in [1.82, 2.24) is 4.90 Å². The van der Waals surface area contributed by atoms with Crippen LogP contribution in [0.25, 0.3) is 0 Å². The highest BCUT2D eigenvalue weighted by Crippen LogP contribution is 2.17. The Morgan fingerprint density at radius 3 is 2.86 bits per heavy atom. The summed E-state index contributed by atoms with van der Waals surface area (Å²) in [4.78, 5) is 24.7. The van der Waals surface area contributed by atoms with Gasteiger partial charge in [-0.15, -0.1) is 0 Å². The van der Waals surface area contributed by atoms with Crippen LogP contribution in [-0.2, 0) is 9.53 Å². The van der Waals surface area contributed by atoms with Crippen LogP contribution in [0.3, 0.4) is 0 Å². The number of hydrogen-bond acceptors (Lipinski definition) is 4. The number of rotatable bonds is 4. The van der Waals surface area contributed by atoms with Crippen LogP contribution in [0.5, 0.6) is 5.75 Å². The third kappa shape index (κ3) is 3.95. The van der Waals surface area contributed by atoms with E-state index in [1.165, 1.54) is 6.07 Å². The molecular formula is C15H19NO5. The Balaban J connectivity index is 1.92. The second kappa shape index (κ2) is 6.58. The van der Waals surface area contributed by atoms with E-state index in [1.807, 2.05) is 6.92 Å². The molecule has 21 heavy (non-hydrogen) atoms. The summed E-state index contributed by atoms with van der Waals surface area (Å²) in [7, 11) is 0. The monoisotopic (exact) mass is 293 g/mol. The molecule has 6 heteroatoms. The standard InChI is InChI=1S/C15H19NO5/c1-10-7-12(3-4-13(10)15(18)19)21-9-14(17)16-5-6-20-11(2)8-16/h3-4,7,11H,5-6,8-9H2,1-2H3,(H,18,19). The van der Waals surface area contributed by atoms with Crippen molar-refractivity contribution in [3.05, 3.63) is 29.3 Å². The number of ether oxygens (including phenoxy) is 2. The molecule has 6 nitrogen and oxygen atoms in total. The van der Waals surface area contributed by atoms with Crippen molar-refractivity contribution in [3.63, 3.8) is 0 Å². The number of benzene rings is 1. The first kappa shape index (κ1) is 15.3. The Bertz CT molecular complexity index is 543. The molecule has 1 saturated heterocycles. The zero-order valence-corrected chi connectivity index (χ0v) is 12.2. The van der Waals surface area contributed by atoms with E-state index in [2.05, 4.69) is 0 Å². The van der Waals surface area contributed by atoms with E-state index in [4.69, 9.17) is 14.6 Å². The lowest BCUT2D eigenvalue weighted by Gasteiger charge is -2.31. The number of amides is 1. The number of carboxylic acid groups (broad SMARTS) is 1. The van der Waals surface area contributed by atoms with Gasteiger partial charge in [-0.2, -0.15) is 0 Å². The molecule has 1 N–H and O–H groups in total. The molecule has 0 bridgehead atoms. The predicted molar refractivity (Wildman–Crippen MR) is 75.6 cm³/mol. The summed E-state index contributed by atoms with van der Waals surface area (Å²) in [6.45, 7) is 5.25. The van der Waals surface area contributed by atoms with Gasteiger partial charge >= 0.3 is 5.97 Å². The minimum atomic E-state index is -0.975. The molecule has 1 aromatic carbocycles. The number of nitrogens with zero attached hydrogens (tertiary/aromatic N) is 1. The Morgan fingerprint density at radius 1 is 1.48 bits per heavy atom. The number of hydrogen-bond donors (Lipinski definition) is 1. The van der Waals surface area contributed by atoms with Crippen molar-refractivity contribution in [2.24, 2.45) is 0 Å². The molecule has 1 atom stereocenters. The second-order valence-corrected chi connectivity index (χ2v) is 5.09. The zero-order chi connectivity index (χ0) is 15.4. The first-order chi connectivity index (χ1) is 9.97. The minimum Gasteiger partial charge on any atom is -0.484 e. The average molecular weight is 293 g/mol. The summed E-state index contributed by atoms with van der Waals surface area (Å²) in [5, 5.41) is 8.96. The zero-order valence-electron chi connectivity index (χ0n) is 12.2. The van der Waals surface area contributed by atoms with E-state index >= 15 is 0 Å². The summed E-state index contributed by atoms with van der Waals surface area (Å²) >= 11 is 0. The minimum absolute atomic E-state index is 0.0415. The maximum atomic E-state index is 12.0. The molecule has 1 unspecified atom stereocenters. The molecule has 0 aliphatic carbocycles. The molecule has 1 aliphatic heterocycles. The van der Waals surface area contributed by atoms with Crippen LogP contribution in [0.1, 0.15) is 22.8 Å². The van der Waals surface area contributed by atoms with Gasteiger partial charge in [0.2, 0.25) is 0 Å². The topological polar surface area (TPSA) is 76.1 Å². The van der Waals surface area contributed by atoms with E-state index < -0.39 is 5.97 Å². The summed E-state index contributed by atoms with van der Waals surface area (Å²) in [6, 6.07) is 4.67. The van der Waals surface area contributed by atoms with Crippen molar-refractivity contribution in [3.8, 4) is 5.75 Å². The predicted octanol–water partition coefficient (Wildman–Crippen LogP) is 1.32. The van der Waals surface area contributed by atoms with E-state index in [1.54, 1.807) is 24.0 Å². The number of carbonyl (C=O) groups excluding carboxylic acids is 1. The fourth-order valence-electron chi connectivity index (χ4n) is 2.25. The second-order valence-electron chi connectivity index (χ2n) is 5.09. The molecule has 1 aromatic rings. The maximum Gasteiger partial charge on any atom is 0.335 e. The van der Waals surface area contributed by atoms with Crippen molar-refractivity contribution in [1.29, 1.82) is 0 Å². The number of aryl methyl sites for hydroxylation is 1. The van der Waals surface area contributed by atoms with E-state index in [9.17, 15) is 9.59 Å². The van der Waals surface area contributed by atoms with Gasteiger partial charge in [0.1, 0.15) is 5.75 Å². The summed E-state index contributed by atoms with van der Waals surface area (Å²) in [5.41, 5.74) is 0.836. The lowest BCUT2D eigenvalue weighted by molar-refractivity contribution is -0.140. The molecule has 0 spiro atoms. The van der Waals surface area contributed by atoms with Crippen molar-refractivity contribution >= 4 is 11.9 Å². The molecule has 1 aliphatic rings. The third-order valence-corrected chi connectivity index (χ3v) is 3.38. The average Bonchev–Trinajstić information content (AvgIpc) is 2.44. The van der Waals surface area contributed by atoms with Crippen LogP contribution in [-0.4, -0.2) is 54.3 Å². The van der Waals surface area contributed by atoms with Gasteiger partial charge in [0.05, 0.1) is 18.3 Å². The Hall–Kier alpha value is -2.08. The van der Waals surface area contributed by atoms with Gasteiger partial charge < -0.3 is 19.5 Å². The van der Waals surface area contributed by atoms with Crippen LogP contribution in [0.2, 0.25) is 0 Å². The smallest absolute Gasteiger partial charge is 0.335 e. The van der Waals surface area contributed by atoms with E-state index in [0.29, 0.717) is 31.0 Å². The van der Waals surface area contributed by atoms with Crippen LogP contribution in [0.4, 0.5) is 0 Å². The fraction of sp³-hybridized carbons (Fsp3) is 0.467. The molecule has 1 amide bonds. The molecule has 1 heterocycles. The highest BCUT2D eigenvalue weighted by atomic mass is 16.5. The fourth-order valence-corrected chi connectivity index (χ4v) is 2.25. The van der Waals surface area contributed by atoms with Gasteiger partial charge in [-0.3, -0.25) is 4.79 Å². The molecule has 0 aromatic heterocycles. The first-order valence-electron chi connectivity index (χ1n) is 6.83. The summed E-state index contributed by atoms with van der Waals surface area (Å²) < 4.78 is 10.8. The number of carbonyl (C=O) groups is 2. The maximum absolute atomic E-state index is 12.0. The van der Waals surface area contributed by atoms with Crippen LogP contribution >= 0.6 is 0 Å². The van der Waals surface area contributed by atoms with Crippen molar-refractivity contribution < 1.29 is 24.2 Å². The largest absolute Gasteiger partial charge is 0.484 e. The summed E-state index contributed by atoms with van der Waals surface area (Å²) in [5.74, 6) is -0.574. The van der Waals surface area contributed by atoms with Crippen LogP contribution < -0.4 is 4.74 Å². The molecule has 0 saturated carbocycles. The highest BCUT2D eigenvalue weighted by molar-refractivity contribution is 5.89. The van der Waals surface area contributed by atoms with Gasteiger partial charge in [0, 0.05) is 13.1 Å². The normalized spacial score (nSPS) is 18.4. The molecule has 1 fully saturated rings. The lowest BCUT2D eigenvalue weighted by Crippen LogP contribution is -2.46. The van der Waals surface area contributed by atoms with Crippen molar-refractivity contribution in [2.45, 2.75) is 20.0 Å². The molecule has 114 valence electrons. The van der Waals surface area contributed by atoms with E-state index in [0.717, 1.165) is 0 Å². The first-order valence-corrected chi connectivity index (χ1v) is 6.83. The Labute approximate surface area is 123 Å². The van der Waals surface area contributed by atoms with Gasteiger partial charge in [-0.05, 0) is 37.6 Å².